The third kappa shape index (κ3) is 2.67. The van der Waals surface area contributed by atoms with Gasteiger partial charge >= 0.3 is 0 Å². The molecule has 0 aliphatic rings. The molecule has 0 fully saturated rings. The molecule has 0 aliphatic carbocycles. The minimum absolute atomic E-state index is 0.0120. The largest absolute Gasteiger partial charge is 0.342 e. The van der Waals surface area contributed by atoms with Crippen LogP contribution in [0, 0.1) is 0 Å². The molecule has 0 unspecified atom stereocenters. The van der Waals surface area contributed by atoms with Gasteiger partial charge in [0.2, 0.25) is 0 Å². The normalized spacial score (nSPS) is 10.6. The number of amides is 1. The van der Waals surface area contributed by atoms with Crippen molar-refractivity contribution in [2.45, 2.75) is 6.42 Å². The van der Waals surface area contributed by atoms with Gasteiger partial charge in [-0.2, -0.15) is 0 Å². The van der Waals surface area contributed by atoms with Crippen LogP contribution in [0.1, 0.15) is 16.8 Å². The highest BCUT2D eigenvalue weighted by atomic mass is 79.9. The van der Waals surface area contributed by atoms with Gasteiger partial charge in [-0.25, -0.2) is 0 Å². The molecule has 1 amide bonds. The van der Waals surface area contributed by atoms with Crippen LogP contribution in [0.25, 0.3) is 11.0 Å². The highest BCUT2D eigenvalue weighted by Crippen LogP contribution is 2.15. The average Bonchev–Trinajstić information content (AvgIpc) is 2.43. The third-order valence-electron chi connectivity index (χ3n) is 2.70. The lowest BCUT2D eigenvalue weighted by Crippen LogP contribution is -2.28. The van der Waals surface area contributed by atoms with Crippen LogP contribution >= 0.6 is 15.9 Å². The number of aromatic nitrogens is 2. The van der Waals surface area contributed by atoms with Gasteiger partial charge < -0.3 is 4.90 Å². The van der Waals surface area contributed by atoms with Crippen LogP contribution in [0.4, 0.5) is 0 Å². The molecule has 0 saturated carbocycles. The Morgan fingerprint density at radius 2 is 2.11 bits per heavy atom. The van der Waals surface area contributed by atoms with Crippen molar-refractivity contribution in [3.05, 3.63) is 36.2 Å². The first-order chi connectivity index (χ1) is 8.74. The third-order valence-corrected chi connectivity index (χ3v) is 3.26. The van der Waals surface area contributed by atoms with Crippen molar-refractivity contribution in [3.63, 3.8) is 0 Å². The number of fused-ring (bicyclic) bond motifs is 1. The molecule has 1 heterocycles. The number of hydrogen-bond acceptors (Lipinski definition) is 3. The maximum atomic E-state index is 12.3. The van der Waals surface area contributed by atoms with Crippen molar-refractivity contribution in [3.8, 4) is 0 Å². The van der Waals surface area contributed by atoms with E-state index in [0.717, 1.165) is 23.8 Å². The highest BCUT2D eigenvalue weighted by Gasteiger charge is 2.15. The molecule has 0 aliphatic heterocycles. The molecule has 0 N–H and O–H groups in total. The van der Waals surface area contributed by atoms with Crippen LogP contribution in [0.3, 0.4) is 0 Å². The molecule has 0 spiro atoms. The molecule has 5 heteroatoms. The Labute approximate surface area is 114 Å². The maximum Gasteiger partial charge on any atom is 0.255 e. The Morgan fingerprint density at radius 3 is 2.89 bits per heavy atom. The Hall–Kier alpha value is -1.49. The van der Waals surface area contributed by atoms with Gasteiger partial charge in [0.05, 0.1) is 11.1 Å². The van der Waals surface area contributed by atoms with Crippen LogP contribution < -0.4 is 0 Å². The molecule has 1 aromatic heterocycles. The highest BCUT2D eigenvalue weighted by molar-refractivity contribution is 9.09. The molecule has 2 rings (SSSR count). The van der Waals surface area contributed by atoms with Gasteiger partial charge in [-0.1, -0.05) is 22.0 Å². The van der Waals surface area contributed by atoms with Gasteiger partial charge in [0.1, 0.15) is 5.52 Å². The molecule has 0 saturated heterocycles. The van der Waals surface area contributed by atoms with Gasteiger partial charge in [-0.15, -0.1) is 0 Å². The van der Waals surface area contributed by atoms with Gasteiger partial charge in [0.15, 0.2) is 0 Å². The summed E-state index contributed by atoms with van der Waals surface area (Å²) in [5.74, 6) is -0.0120. The molecular weight excluding hydrogens is 294 g/mol. The molecular formula is C13H14BrN3O. The SMILES string of the molecule is CN(CCCBr)C(=O)c1cccc2nccnc12. The van der Waals surface area contributed by atoms with Gasteiger partial charge in [0, 0.05) is 31.3 Å². The van der Waals surface area contributed by atoms with Crippen molar-refractivity contribution < 1.29 is 4.79 Å². The van der Waals surface area contributed by atoms with Crippen LogP contribution in [0.5, 0.6) is 0 Å². The van der Waals surface area contributed by atoms with Crippen LogP contribution in [-0.4, -0.2) is 39.7 Å². The van der Waals surface area contributed by atoms with Crippen LogP contribution in [0.15, 0.2) is 30.6 Å². The summed E-state index contributed by atoms with van der Waals surface area (Å²) in [6.07, 6.45) is 4.17. The number of carbonyl (C=O) groups excluding carboxylic acids is 1. The zero-order valence-electron chi connectivity index (χ0n) is 10.1. The van der Waals surface area contributed by atoms with Crippen molar-refractivity contribution in [2.24, 2.45) is 0 Å². The number of hydrogen-bond donors (Lipinski definition) is 0. The first kappa shape index (κ1) is 13.0. The Kier molecular flexibility index (Phi) is 4.25. The summed E-state index contributed by atoms with van der Waals surface area (Å²) >= 11 is 3.36. The van der Waals surface area contributed by atoms with E-state index in [1.807, 2.05) is 12.1 Å². The lowest BCUT2D eigenvalue weighted by Gasteiger charge is -2.17. The van der Waals surface area contributed by atoms with E-state index in [2.05, 4.69) is 25.9 Å². The van der Waals surface area contributed by atoms with Crippen molar-refractivity contribution in [2.75, 3.05) is 18.9 Å². The second-order valence-electron chi connectivity index (χ2n) is 4.00. The predicted octanol–water partition coefficient (Wildman–Crippen LogP) is 2.49. The molecule has 0 bridgehead atoms. The second-order valence-corrected chi connectivity index (χ2v) is 4.79. The Morgan fingerprint density at radius 1 is 1.33 bits per heavy atom. The van der Waals surface area contributed by atoms with E-state index >= 15 is 0 Å². The topological polar surface area (TPSA) is 46.1 Å². The number of para-hydroxylation sites is 1. The summed E-state index contributed by atoms with van der Waals surface area (Å²) in [7, 11) is 1.81. The maximum absolute atomic E-state index is 12.3. The molecule has 0 atom stereocenters. The zero-order chi connectivity index (χ0) is 13.0. The smallest absolute Gasteiger partial charge is 0.255 e. The van der Waals surface area contributed by atoms with Crippen molar-refractivity contribution in [1.29, 1.82) is 0 Å². The number of alkyl halides is 1. The number of benzene rings is 1. The fourth-order valence-corrected chi connectivity index (χ4v) is 2.02. The molecule has 0 radical (unpaired) electrons. The molecule has 2 aromatic rings. The van der Waals surface area contributed by atoms with Crippen molar-refractivity contribution >= 4 is 32.9 Å². The summed E-state index contributed by atoms with van der Waals surface area (Å²) in [4.78, 5) is 22.5. The lowest BCUT2D eigenvalue weighted by molar-refractivity contribution is 0.0797. The minimum Gasteiger partial charge on any atom is -0.342 e. The van der Waals surface area contributed by atoms with Crippen molar-refractivity contribution in [1.82, 2.24) is 14.9 Å². The van der Waals surface area contributed by atoms with E-state index in [1.165, 1.54) is 0 Å². The van der Waals surface area contributed by atoms with Gasteiger partial charge in [-0.3, -0.25) is 14.8 Å². The number of rotatable bonds is 4. The van der Waals surface area contributed by atoms with E-state index in [-0.39, 0.29) is 5.91 Å². The van der Waals surface area contributed by atoms with E-state index < -0.39 is 0 Å². The monoisotopic (exact) mass is 307 g/mol. The lowest BCUT2D eigenvalue weighted by atomic mass is 10.1. The molecule has 4 nitrogen and oxygen atoms in total. The quantitative estimate of drug-likeness (QED) is 0.815. The number of halogens is 1. The predicted molar refractivity (Wildman–Crippen MR) is 74.9 cm³/mol. The molecule has 94 valence electrons. The molecule has 18 heavy (non-hydrogen) atoms. The van der Waals surface area contributed by atoms with E-state index in [4.69, 9.17) is 0 Å². The zero-order valence-corrected chi connectivity index (χ0v) is 11.7. The van der Waals surface area contributed by atoms with E-state index in [9.17, 15) is 4.79 Å². The van der Waals surface area contributed by atoms with Gasteiger partial charge in [-0.05, 0) is 18.6 Å². The van der Waals surface area contributed by atoms with E-state index in [1.54, 1.807) is 30.4 Å². The summed E-state index contributed by atoms with van der Waals surface area (Å²) in [5, 5.41) is 0.889. The fourth-order valence-electron chi connectivity index (χ4n) is 1.77. The standard InChI is InChI=1S/C13H14BrN3O/c1-17(9-3-6-14)13(18)10-4-2-5-11-12(10)16-8-7-15-11/h2,4-5,7-8H,3,6,9H2,1H3. The number of carbonyl (C=O) groups is 1. The summed E-state index contributed by atoms with van der Waals surface area (Å²) in [6, 6.07) is 5.49. The Balaban J connectivity index is 2.33. The summed E-state index contributed by atoms with van der Waals surface area (Å²) in [6.45, 7) is 0.723. The van der Waals surface area contributed by atoms with Crippen LogP contribution in [-0.2, 0) is 0 Å². The summed E-state index contributed by atoms with van der Waals surface area (Å²) < 4.78 is 0. The first-order valence-corrected chi connectivity index (χ1v) is 6.87. The van der Waals surface area contributed by atoms with E-state index in [0.29, 0.717) is 11.1 Å². The molecule has 1 aromatic carbocycles. The minimum atomic E-state index is -0.0120. The first-order valence-electron chi connectivity index (χ1n) is 5.75. The number of nitrogens with zero attached hydrogens (tertiary/aromatic N) is 3. The fraction of sp³-hybridized carbons (Fsp3) is 0.308. The van der Waals surface area contributed by atoms with Crippen LogP contribution in [0.2, 0.25) is 0 Å². The summed E-state index contributed by atoms with van der Waals surface area (Å²) in [5.41, 5.74) is 2.02. The average molecular weight is 308 g/mol. The Bertz CT molecular complexity index is 553. The van der Waals surface area contributed by atoms with Gasteiger partial charge in [0.25, 0.3) is 5.91 Å². The second kappa shape index (κ2) is 5.91.